The number of rotatable bonds is 8. The van der Waals surface area contributed by atoms with Gasteiger partial charge in [-0.05, 0) is 35.8 Å². The van der Waals surface area contributed by atoms with Gasteiger partial charge in [-0.15, -0.1) is 0 Å². The van der Waals surface area contributed by atoms with Crippen molar-refractivity contribution in [2.45, 2.75) is 19.4 Å². The molecule has 0 aliphatic carbocycles. The monoisotopic (exact) mass is 586 g/mol. The molecule has 0 saturated heterocycles. The Balaban J connectivity index is 1.91. The van der Waals surface area contributed by atoms with Crippen molar-refractivity contribution < 1.29 is 28.9 Å². The molecule has 4 rings (SSSR count). The molecule has 37 heavy (non-hydrogen) atoms. The van der Waals surface area contributed by atoms with Crippen LogP contribution in [0.1, 0.15) is 30.5 Å². The Labute approximate surface area is 224 Å². The van der Waals surface area contributed by atoms with Gasteiger partial charge in [0.25, 0.3) is 5.56 Å². The minimum absolute atomic E-state index is 0.245. The van der Waals surface area contributed by atoms with Crippen molar-refractivity contribution >= 4 is 45.3 Å². The second kappa shape index (κ2) is 11.1. The SMILES string of the molecule is CCC1=C(C(=O)OC)[C@H](c2ccccc2)n2c(s/c(=C\c3cc(OC)c(OCC(=O)O)cc3Br)c2=O)=N1. The Hall–Kier alpha value is -3.70. The first-order valence-corrected chi connectivity index (χ1v) is 12.8. The van der Waals surface area contributed by atoms with Gasteiger partial charge in [0.05, 0.1) is 36.1 Å². The first kappa shape index (κ1) is 26.4. The number of allylic oxidation sites excluding steroid dienone is 1. The number of carboxylic acid groups (broad SMARTS) is 1. The van der Waals surface area contributed by atoms with Crippen LogP contribution in [0.3, 0.4) is 0 Å². The molecular formula is C26H23BrN2O7S. The molecule has 0 fully saturated rings. The van der Waals surface area contributed by atoms with Crippen molar-refractivity contribution in [1.82, 2.24) is 4.57 Å². The lowest BCUT2D eigenvalue weighted by Gasteiger charge is -2.25. The van der Waals surface area contributed by atoms with Crippen LogP contribution in [0.25, 0.3) is 6.08 Å². The summed E-state index contributed by atoms with van der Waals surface area (Å²) >= 11 is 4.67. The van der Waals surface area contributed by atoms with Gasteiger partial charge in [-0.25, -0.2) is 14.6 Å². The van der Waals surface area contributed by atoms with E-state index in [-0.39, 0.29) is 11.3 Å². The van der Waals surface area contributed by atoms with Crippen LogP contribution in [-0.2, 0) is 14.3 Å². The van der Waals surface area contributed by atoms with Crippen LogP contribution in [0, 0.1) is 0 Å². The molecule has 1 aromatic heterocycles. The molecule has 1 aliphatic heterocycles. The number of carboxylic acids is 1. The Morgan fingerprint density at radius 1 is 1.19 bits per heavy atom. The van der Waals surface area contributed by atoms with E-state index in [0.717, 1.165) is 5.56 Å². The van der Waals surface area contributed by atoms with Gasteiger partial charge in [0.15, 0.2) is 22.9 Å². The fourth-order valence-electron chi connectivity index (χ4n) is 4.03. The van der Waals surface area contributed by atoms with Gasteiger partial charge in [0.1, 0.15) is 0 Å². The molecule has 0 unspecified atom stereocenters. The van der Waals surface area contributed by atoms with E-state index in [9.17, 15) is 14.4 Å². The van der Waals surface area contributed by atoms with E-state index in [0.29, 0.717) is 42.8 Å². The van der Waals surface area contributed by atoms with Gasteiger partial charge in [0, 0.05) is 4.47 Å². The van der Waals surface area contributed by atoms with E-state index in [1.54, 1.807) is 18.2 Å². The second-order valence-electron chi connectivity index (χ2n) is 7.91. The van der Waals surface area contributed by atoms with Crippen LogP contribution in [-0.4, -0.2) is 42.4 Å². The highest BCUT2D eigenvalue weighted by Gasteiger charge is 2.33. The highest BCUT2D eigenvalue weighted by Crippen LogP contribution is 2.34. The first-order valence-electron chi connectivity index (χ1n) is 11.2. The maximum absolute atomic E-state index is 13.7. The highest BCUT2D eigenvalue weighted by atomic mass is 79.9. The first-order chi connectivity index (χ1) is 17.8. The molecule has 0 radical (unpaired) electrons. The number of aliphatic carboxylic acids is 1. The molecule has 11 heteroatoms. The van der Waals surface area contributed by atoms with Gasteiger partial charge in [-0.3, -0.25) is 9.36 Å². The molecule has 2 heterocycles. The lowest BCUT2D eigenvalue weighted by molar-refractivity contribution is -0.139. The molecule has 0 bridgehead atoms. The summed E-state index contributed by atoms with van der Waals surface area (Å²) in [6.07, 6.45) is 2.17. The molecule has 1 N–H and O–H groups in total. The van der Waals surface area contributed by atoms with Crippen molar-refractivity contribution in [2.75, 3.05) is 20.8 Å². The quantitative estimate of drug-likeness (QED) is 0.403. The Bertz CT molecular complexity index is 1570. The third-order valence-electron chi connectivity index (χ3n) is 5.69. The number of benzene rings is 2. The van der Waals surface area contributed by atoms with E-state index in [1.807, 2.05) is 37.3 Å². The van der Waals surface area contributed by atoms with Crippen LogP contribution in [0.2, 0.25) is 0 Å². The summed E-state index contributed by atoms with van der Waals surface area (Å²) in [7, 11) is 2.75. The molecule has 9 nitrogen and oxygen atoms in total. The van der Waals surface area contributed by atoms with Crippen molar-refractivity contribution in [3.63, 3.8) is 0 Å². The maximum Gasteiger partial charge on any atom is 0.341 e. The minimum Gasteiger partial charge on any atom is -0.493 e. The van der Waals surface area contributed by atoms with Crippen LogP contribution in [0.4, 0.5) is 0 Å². The van der Waals surface area contributed by atoms with Crippen molar-refractivity contribution in [1.29, 1.82) is 0 Å². The Morgan fingerprint density at radius 2 is 1.92 bits per heavy atom. The number of ether oxygens (including phenoxy) is 3. The van der Waals surface area contributed by atoms with Crippen molar-refractivity contribution in [3.8, 4) is 11.5 Å². The summed E-state index contributed by atoms with van der Waals surface area (Å²) in [5, 5.41) is 8.92. The summed E-state index contributed by atoms with van der Waals surface area (Å²) in [6, 6.07) is 11.8. The molecule has 0 saturated carbocycles. The number of fused-ring (bicyclic) bond motifs is 1. The zero-order valence-corrected chi connectivity index (χ0v) is 22.6. The molecule has 1 atom stereocenters. The number of thiazole rings is 1. The van der Waals surface area contributed by atoms with Gasteiger partial charge < -0.3 is 19.3 Å². The zero-order chi connectivity index (χ0) is 26.7. The lowest BCUT2D eigenvalue weighted by atomic mass is 9.95. The number of carbonyl (C=O) groups excluding carboxylic acids is 1. The normalized spacial score (nSPS) is 15.1. The summed E-state index contributed by atoms with van der Waals surface area (Å²) in [4.78, 5) is 42.6. The average Bonchev–Trinajstić information content (AvgIpc) is 3.21. The number of halogens is 1. The van der Waals surface area contributed by atoms with Crippen LogP contribution < -0.4 is 24.4 Å². The van der Waals surface area contributed by atoms with Crippen LogP contribution in [0.5, 0.6) is 11.5 Å². The standard InChI is InChI=1S/C26H23BrN2O7S/c1-4-17-22(25(33)35-3)23(14-8-6-5-7-9-14)29-24(32)20(37-26(29)28-17)11-15-10-18(34-2)19(12-16(15)27)36-13-21(30)31/h5-12,23H,4,13H2,1-3H3,(H,30,31)/b20-11-/t23-/m0/s1. The molecule has 192 valence electrons. The number of carbonyl (C=O) groups is 2. The minimum atomic E-state index is -1.12. The van der Waals surface area contributed by atoms with Crippen LogP contribution in [0.15, 0.2) is 68.0 Å². The molecule has 0 amide bonds. The predicted octanol–water partition coefficient (Wildman–Crippen LogP) is 3.03. The topological polar surface area (TPSA) is 116 Å². The summed E-state index contributed by atoms with van der Waals surface area (Å²) in [5.41, 5.74) is 1.96. The third kappa shape index (κ3) is 5.23. The van der Waals surface area contributed by atoms with E-state index >= 15 is 0 Å². The van der Waals surface area contributed by atoms with Gasteiger partial charge in [-0.2, -0.15) is 0 Å². The van der Waals surface area contributed by atoms with Gasteiger partial charge in [-0.1, -0.05) is 64.5 Å². The van der Waals surface area contributed by atoms with E-state index in [4.69, 9.17) is 19.3 Å². The predicted molar refractivity (Wildman–Crippen MR) is 141 cm³/mol. The van der Waals surface area contributed by atoms with Gasteiger partial charge >= 0.3 is 11.9 Å². The second-order valence-corrected chi connectivity index (χ2v) is 9.77. The fraction of sp³-hybridized carbons (Fsp3) is 0.231. The molecule has 0 spiro atoms. The number of methoxy groups -OCH3 is 2. The number of hydrogen-bond donors (Lipinski definition) is 1. The highest BCUT2D eigenvalue weighted by molar-refractivity contribution is 9.10. The maximum atomic E-state index is 13.7. The summed E-state index contributed by atoms with van der Waals surface area (Å²) in [6.45, 7) is 1.37. The van der Waals surface area contributed by atoms with E-state index < -0.39 is 24.6 Å². The lowest BCUT2D eigenvalue weighted by Crippen LogP contribution is -2.40. The largest absolute Gasteiger partial charge is 0.493 e. The van der Waals surface area contributed by atoms with E-state index in [1.165, 1.54) is 30.1 Å². The summed E-state index contributed by atoms with van der Waals surface area (Å²) in [5.74, 6) is -1.09. The van der Waals surface area contributed by atoms with Crippen LogP contribution >= 0.6 is 27.3 Å². The fourth-order valence-corrected chi connectivity index (χ4v) is 5.48. The summed E-state index contributed by atoms with van der Waals surface area (Å²) < 4.78 is 18.2. The molecule has 1 aliphatic rings. The van der Waals surface area contributed by atoms with Crippen molar-refractivity contribution in [3.05, 3.63) is 89.0 Å². The number of nitrogens with zero attached hydrogens (tertiary/aromatic N) is 2. The number of hydrogen-bond acceptors (Lipinski definition) is 8. The van der Waals surface area contributed by atoms with Crippen molar-refractivity contribution in [2.24, 2.45) is 4.99 Å². The Kier molecular flexibility index (Phi) is 7.94. The Morgan fingerprint density at radius 3 is 2.54 bits per heavy atom. The third-order valence-corrected chi connectivity index (χ3v) is 7.36. The molecule has 2 aromatic carbocycles. The van der Waals surface area contributed by atoms with Gasteiger partial charge in [0.2, 0.25) is 0 Å². The molecular weight excluding hydrogens is 564 g/mol. The number of esters is 1. The zero-order valence-electron chi connectivity index (χ0n) is 20.2. The molecule has 3 aromatic rings. The smallest absolute Gasteiger partial charge is 0.341 e. The van der Waals surface area contributed by atoms with E-state index in [2.05, 4.69) is 20.9 Å². The average molecular weight is 587 g/mol. The number of aromatic nitrogens is 1.